The number of carbonyl (C=O) groups is 1. The molecule has 9 nitrogen and oxygen atoms in total. The fourth-order valence-corrected chi connectivity index (χ4v) is 3.00. The minimum absolute atomic E-state index is 0.153. The van der Waals surface area contributed by atoms with Gasteiger partial charge in [0.15, 0.2) is 5.96 Å². The molecule has 3 rings (SSSR count). The number of hydrogen-bond acceptors (Lipinski definition) is 5. The largest absolute Gasteiger partial charge is 0.444 e. The summed E-state index contributed by atoms with van der Waals surface area (Å²) in [5.74, 6) is 2.45. The Hall–Kier alpha value is -3.10. The third kappa shape index (κ3) is 5.71. The predicted molar refractivity (Wildman–Crippen MR) is 116 cm³/mol. The Bertz CT molecular complexity index is 878. The third-order valence-electron chi connectivity index (χ3n) is 4.52. The van der Waals surface area contributed by atoms with Crippen LogP contribution in [-0.2, 0) is 11.3 Å². The van der Waals surface area contributed by atoms with E-state index in [4.69, 9.17) is 4.74 Å². The molecule has 0 spiro atoms. The number of aliphatic imine (C=N–C) groups is 1. The molecule has 0 aromatic carbocycles. The van der Waals surface area contributed by atoms with Gasteiger partial charge in [0.05, 0.1) is 12.6 Å². The molecule has 1 aliphatic rings. The molecule has 2 aromatic heterocycles. The van der Waals surface area contributed by atoms with Crippen molar-refractivity contribution in [2.75, 3.05) is 19.6 Å². The van der Waals surface area contributed by atoms with Gasteiger partial charge in [0.1, 0.15) is 17.2 Å². The molecule has 0 aliphatic carbocycles. The van der Waals surface area contributed by atoms with Gasteiger partial charge < -0.3 is 20.3 Å². The molecule has 0 atom stereocenters. The van der Waals surface area contributed by atoms with Crippen molar-refractivity contribution in [2.45, 2.75) is 52.8 Å². The molecule has 0 saturated carbocycles. The predicted octanol–water partition coefficient (Wildman–Crippen LogP) is 2.25. The summed E-state index contributed by atoms with van der Waals surface area (Å²) in [6.07, 6.45) is 5.20. The maximum Gasteiger partial charge on any atom is 0.410 e. The van der Waals surface area contributed by atoms with Crippen LogP contribution in [-0.4, -0.2) is 62.8 Å². The molecule has 2 aromatic rings. The zero-order valence-electron chi connectivity index (χ0n) is 18.3. The highest BCUT2D eigenvalue weighted by Crippen LogP contribution is 2.15. The van der Waals surface area contributed by atoms with Gasteiger partial charge in [0.2, 0.25) is 0 Å². The Morgan fingerprint density at radius 3 is 2.63 bits per heavy atom. The number of rotatable bonds is 5. The van der Waals surface area contributed by atoms with Gasteiger partial charge in [-0.15, -0.1) is 0 Å². The monoisotopic (exact) mass is 413 g/mol. The van der Waals surface area contributed by atoms with Gasteiger partial charge >= 0.3 is 6.09 Å². The van der Waals surface area contributed by atoms with Crippen molar-refractivity contribution in [2.24, 2.45) is 4.99 Å². The number of imidazole rings is 1. The molecule has 0 unspecified atom stereocenters. The van der Waals surface area contributed by atoms with Crippen LogP contribution in [0, 0.1) is 6.92 Å². The number of ether oxygens (including phenoxy) is 1. The van der Waals surface area contributed by atoms with Crippen LogP contribution in [0.1, 0.15) is 39.1 Å². The zero-order valence-corrected chi connectivity index (χ0v) is 18.3. The Morgan fingerprint density at radius 1 is 1.30 bits per heavy atom. The molecule has 3 heterocycles. The Balaban J connectivity index is 1.53. The lowest BCUT2D eigenvalue weighted by molar-refractivity contribution is 0.00700. The fraction of sp³-hybridized carbons (Fsp3) is 0.524. The van der Waals surface area contributed by atoms with Crippen molar-refractivity contribution in [1.29, 1.82) is 0 Å². The van der Waals surface area contributed by atoms with Crippen molar-refractivity contribution in [3.05, 3.63) is 42.1 Å². The van der Waals surface area contributed by atoms with Gasteiger partial charge in [-0.05, 0) is 46.2 Å². The molecule has 0 radical (unpaired) electrons. The van der Waals surface area contributed by atoms with E-state index in [-0.39, 0.29) is 12.1 Å². The number of carbonyl (C=O) groups excluding carboxylic acids is 1. The number of aryl methyl sites for hydroxylation is 1. The fourth-order valence-electron chi connectivity index (χ4n) is 3.00. The highest BCUT2D eigenvalue weighted by atomic mass is 16.6. The first-order valence-corrected chi connectivity index (χ1v) is 10.2. The molecular weight excluding hydrogens is 382 g/mol. The molecule has 1 fully saturated rings. The minimum atomic E-state index is -0.480. The van der Waals surface area contributed by atoms with E-state index in [0.717, 1.165) is 29.7 Å². The van der Waals surface area contributed by atoms with E-state index in [0.29, 0.717) is 19.6 Å². The maximum absolute atomic E-state index is 12.1. The number of aromatic nitrogens is 3. The maximum atomic E-state index is 12.1. The second-order valence-electron chi connectivity index (χ2n) is 8.29. The van der Waals surface area contributed by atoms with Crippen molar-refractivity contribution in [3.8, 4) is 5.82 Å². The van der Waals surface area contributed by atoms with Crippen LogP contribution < -0.4 is 10.6 Å². The summed E-state index contributed by atoms with van der Waals surface area (Å²) in [4.78, 5) is 27.1. The van der Waals surface area contributed by atoms with Crippen molar-refractivity contribution >= 4 is 12.1 Å². The van der Waals surface area contributed by atoms with E-state index < -0.39 is 5.60 Å². The second-order valence-corrected chi connectivity index (χ2v) is 8.29. The summed E-state index contributed by atoms with van der Waals surface area (Å²) in [5.41, 5.74) is 0.532. The lowest BCUT2D eigenvalue weighted by Crippen LogP contribution is -2.63. The van der Waals surface area contributed by atoms with Gasteiger partial charge in [0.25, 0.3) is 0 Å². The van der Waals surface area contributed by atoms with Gasteiger partial charge in [-0.2, -0.15) is 0 Å². The van der Waals surface area contributed by atoms with Gasteiger partial charge in [-0.25, -0.2) is 19.8 Å². The highest BCUT2D eigenvalue weighted by Gasteiger charge is 2.34. The van der Waals surface area contributed by atoms with E-state index in [1.165, 1.54) is 0 Å². The number of amides is 1. The van der Waals surface area contributed by atoms with Crippen molar-refractivity contribution in [3.63, 3.8) is 0 Å². The molecule has 9 heteroatoms. The van der Waals surface area contributed by atoms with E-state index in [2.05, 4.69) is 25.6 Å². The SMILES string of the molecule is CCNC(=NCc1ccc(-n2ccnc2C)nc1)NC1CN(C(=O)OC(C)(C)C)C1. The number of nitrogens with one attached hydrogen (secondary N) is 2. The molecule has 0 bridgehead atoms. The molecular formula is C21H31N7O2. The standard InChI is InChI=1S/C21H31N7O2/c1-6-22-19(26-17-13-27(14-17)20(29)30-21(3,4)5)25-12-16-7-8-18(24-11-16)28-10-9-23-15(28)2/h7-11,17H,6,12-14H2,1-5H3,(H2,22,25,26). The smallest absolute Gasteiger partial charge is 0.410 e. The van der Waals surface area contributed by atoms with Crippen molar-refractivity contribution < 1.29 is 9.53 Å². The normalized spacial score (nSPS) is 15.0. The van der Waals surface area contributed by atoms with E-state index in [1.54, 1.807) is 11.1 Å². The number of nitrogens with zero attached hydrogens (tertiary/aromatic N) is 5. The van der Waals surface area contributed by atoms with E-state index in [9.17, 15) is 4.79 Å². The summed E-state index contributed by atoms with van der Waals surface area (Å²) < 4.78 is 7.33. The Labute approximate surface area is 177 Å². The van der Waals surface area contributed by atoms with Crippen molar-refractivity contribution in [1.82, 2.24) is 30.1 Å². The topological polar surface area (TPSA) is 96.7 Å². The molecule has 162 valence electrons. The number of likely N-dealkylation sites (tertiary alicyclic amines) is 1. The molecule has 1 amide bonds. The molecule has 2 N–H and O–H groups in total. The van der Waals surface area contributed by atoms with Crippen LogP contribution in [0.4, 0.5) is 4.79 Å². The number of pyridine rings is 1. The summed E-state index contributed by atoms with van der Waals surface area (Å²) in [6, 6.07) is 4.13. The number of guanidine groups is 1. The Kier molecular flexibility index (Phi) is 6.59. The summed E-state index contributed by atoms with van der Waals surface area (Å²) in [7, 11) is 0. The van der Waals surface area contributed by atoms with Gasteiger partial charge in [-0.3, -0.25) is 4.57 Å². The first-order valence-electron chi connectivity index (χ1n) is 10.2. The van der Waals surface area contributed by atoms with Gasteiger partial charge in [0, 0.05) is 38.2 Å². The molecule has 1 aliphatic heterocycles. The Morgan fingerprint density at radius 2 is 2.07 bits per heavy atom. The van der Waals surface area contributed by atoms with E-state index >= 15 is 0 Å². The van der Waals surface area contributed by atoms with Crippen LogP contribution in [0.3, 0.4) is 0 Å². The average Bonchev–Trinajstić information content (AvgIpc) is 3.07. The first-order chi connectivity index (χ1) is 14.2. The summed E-state index contributed by atoms with van der Waals surface area (Å²) in [6.45, 7) is 12.0. The highest BCUT2D eigenvalue weighted by molar-refractivity contribution is 5.80. The average molecular weight is 414 g/mol. The molecule has 1 saturated heterocycles. The quantitative estimate of drug-likeness (QED) is 0.577. The molecule has 30 heavy (non-hydrogen) atoms. The van der Waals surface area contributed by atoms with Crippen LogP contribution in [0.5, 0.6) is 0 Å². The third-order valence-corrected chi connectivity index (χ3v) is 4.52. The van der Waals surface area contributed by atoms with Gasteiger partial charge in [-0.1, -0.05) is 6.07 Å². The van der Waals surface area contributed by atoms with Crippen LogP contribution in [0.25, 0.3) is 5.82 Å². The second kappa shape index (κ2) is 9.15. The lowest BCUT2D eigenvalue weighted by Gasteiger charge is -2.40. The lowest BCUT2D eigenvalue weighted by atomic mass is 10.1. The number of hydrogen-bond donors (Lipinski definition) is 2. The summed E-state index contributed by atoms with van der Waals surface area (Å²) in [5, 5.41) is 6.62. The van der Waals surface area contributed by atoms with Crippen LogP contribution in [0.15, 0.2) is 35.7 Å². The van der Waals surface area contributed by atoms with E-state index in [1.807, 2.05) is 63.7 Å². The minimum Gasteiger partial charge on any atom is -0.444 e. The first kappa shape index (κ1) is 21.6. The van der Waals surface area contributed by atoms with Crippen LogP contribution in [0.2, 0.25) is 0 Å². The van der Waals surface area contributed by atoms with Crippen LogP contribution >= 0.6 is 0 Å². The zero-order chi connectivity index (χ0) is 21.7. The summed E-state index contributed by atoms with van der Waals surface area (Å²) >= 11 is 0.